The summed E-state index contributed by atoms with van der Waals surface area (Å²) in [6.07, 6.45) is 0. The highest BCUT2D eigenvalue weighted by molar-refractivity contribution is 5.76. The first-order chi connectivity index (χ1) is 4.68. The third-order valence-electron chi connectivity index (χ3n) is 0.158. The number of rotatable bonds is 0. The van der Waals surface area contributed by atoms with Crippen LogP contribution in [-0.2, 0) is 0 Å². The molecule has 0 fully saturated rings. The van der Waals surface area contributed by atoms with Gasteiger partial charge in [0.05, 0.1) is 6.07 Å². The average Bonchev–Trinajstić information content (AvgIpc) is 1.94. The van der Waals surface area contributed by atoms with Gasteiger partial charge in [0.15, 0.2) is 0 Å². The SMILES string of the molecule is C.C/C(N)=N/O.CC#N.NO. The van der Waals surface area contributed by atoms with Crippen molar-refractivity contribution in [1.82, 2.24) is 0 Å². The molecule has 68 valence electrons. The summed E-state index contributed by atoms with van der Waals surface area (Å²) in [5.41, 5.74) is 4.79. The van der Waals surface area contributed by atoms with E-state index in [0.717, 1.165) is 0 Å². The van der Waals surface area contributed by atoms with Gasteiger partial charge in [0.25, 0.3) is 0 Å². The lowest BCUT2D eigenvalue weighted by Crippen LogP contribution is -2.03. The van der Waals surface area contributed by atoms with Crippen LogP contribution in [-0.4, -0.2) is 16.3 Å². The molecule has 0 rings (SSSR count). The largest absolute Gasteiger partial charge is 0.409 e. The highest BCUT2D eigenvalue weighted by Gasteiger charge is 1.64. The molecule has 0 saturated heterocycles. The zero-order valence-corrected chi connectivity index (χ0v) is 5.94. The van der Waals surface area contributed by atoms with Crippen LogP contribution in [0.2, 0.25) is 0 Å². The van der Waals surface area contributed by atoms with Crippen molar-refractivity contribution < 1.29 is 10.4 Å². The molecule has 0 bridgehead atoms. The van der Waals surface area contributed by atoms with Crippen LogP contribution in [0.5, 0.6) is 0 Å². The lowest BCUT2D eigenvalue weighted by atomic mass is 10.7. The number of oxime groups is 1. The number of nitrogens with zero attached hydrogens (tertiary/aromatic N) is 2. The van der Waals surface area contributed by atoms with E-state index in [-0.39, 0.29) is 13.3 Å². The number of hydrogen-bond acceptors (Lipinski definition) is 5. The Labute approximate surface area is 66.7 Å². The van der Waals surface area contributed by atoms with Crippen molar-refractivity contribution in [2.75, 3.05) is 0 Å². The van der Waals surface area contributed by atoms with Gasteiger partial charge in [0, 0.05) is 6.92 Å². The number of nitriles is 1. The molecule has 6 heteroatoms. The first-order valence-corrected chi connectivity index (χ1v) is 2.19. The molecule has 0 aliphatic rings. The Morgan fingerprint density at radius 2 is 1.64 bits per heavy atom. The molecule has 6 nitrogen and oxygen atoms in total. The summed E-state index contributed by atoms with van der Waals surface area (Å²) in [6.45, 7) is 2.93. The molecule has 0 spiro atoms. The lowest BCUT2D eigenvalue weighted by molar-refractivity contribution is 0.311. The van der Waals surface area contributed by atoms with Gasteiger partial charge in [0.2, 0.25) is 0 Å². The Balaban J connectivity index is -0.0000000360. The summed E-state index contributed by atoms with van der Waals surface area (Å²) in [5.74, 6) is 3.69. The van der Waals surface area contributed by atoms with Crippen LogP contribution in [0.25, 0.3) is 0 Å². The third kappa shape index (κ3) is 838. The number of hydrogen-bond donors (Lipinski definition) is 4. The summed E-state index contributed by atoms with van der Waals surface area (Å²) >= 11 is 0. The minimum absolute atomic E-state index is 0. The standard InChI is InChI=1S/C2H6N2O.C2H3N.CH4.H3NO/c1-2(3)4-5;1-2-3;;1-2/h5H,1H3,(H2,3,4);1H3;1H4;2H,1H2. The van der Waals surface area contributed by atoms with Crippen LogP contribution < -0.4 is 11.6 Å². The van der Waals surface area contributed by atoms with Crippen LogP contribution in [0, 0.1) is 11.3 Å². The van der Waals surface area contributed by atoms with Crippen molar-refractivity contribution in [3.63, 3.8) is 0 Å². The summed E-state index contributed by atoms with van der Waals surface area (Å²) < 4.78 is 0. The van der Waals surface area contributed by atoms with E-state index in [1.165, 1.54) is 13.8 Å². The second kappa shape index (κ2) is 37.8. The maximum absolute atomic E-state index is 7.61. The van der Waals surface area contributed by atoms with Crippen LogP contribution >= 0.6 is 0 Å². The fraction of sp³-hybridized carbons (Fsp3) is 0.600. The van der Waals surface area contributed by atoms with Gasteiger partial charge >= 0.3 is 0 Å². The number of amidine groups is 1. The van der Waals surface area contributed by atoms with Gasteiger partial charge in [-0.1, -0.05) is 12.6 Å². The summed E-state index contributed by atoms with van der Waals surface area (Å²) in [4.78, 5) is 0. The Bertz CT molecular complexity index is 104. The minimum Gasteiger partial charge on any atom is -0.409 e. The molecular formula is C5H16N4O2. The van der Waals surface area contributed by atoms with Gasteiger partial charge < -0.3 is 16.1 Å². The topological polar surface area (TPSA) is 129 Å². The normalized spacial score (nSPS) is 6.64. The van der Waals surface area contributed by atoms with E-state index in [9.17, 15) is 0 Å². The first kappa shape index (κ1) is 22.6. The second-order valence-electron chi connectivity index (χ2n) is 0.965. The highest BCUT2D eigenvalue weighted by Crippen LogP contribution is 1.51. The molecule has 0 aromatic rings. The van der Waals surface area contributed by atoms with Crippen LogP contribution in [0.15, 0.2) is 5.16 Å². The van der Waals surface area contributed by atoms with E-state index < -0.39 is 0 Å². The van der Waals surface area contributed by atoms with Crippen molar-refractivity contribution >= 4 is 5.84 Å². The molecule has 0 aromatic carbocycles. The molecule has 0 aromatic heterocycles. The maximum atomic E-state index is 7.61. The van der Waals surface area contributed by atoms with Gasteiger partial charge in [-0.3, -0.25) is 0 Å². The van der Waals surface area contributed by atoms with Crippen molar-refractivity contribution in [2.45, 2.75) is 21.3 Å². The molecule has 0 amide bonds. The summed E-state index contributed by atoms with van der Waals surface area (Å²) in [6, 6.07) is 1.75. The quantitative estimate of drug-likeness (QED) is 0.176. The number of nitrogens with two attached hydrogens (primary N) is 2. The molecule has 0 aliphatic heterocycles. The van der Waals surface area contributed by atoms with E-state index in [1.807, 2.05) is 0 Å². The van der Waals surface area contributed by atoms with Crippen LogP contribution in [0.3, 0.4) is 0 Å². The minimum atomic E-state index is 0. The molecule has 0 atom stereocenters. The molecule has 0 heterocycles. The van der Waals surface area contributed by atoms with E-state index in [1.54, 1.807) is 6.07 Å². The van der Waals surface area contributed by atoms with Gasteiger partial charge in [0.1, 0.15) is 5.84 Å². The lowest BCUT2D eigenvalue weighted by Gasteiger charge is -1.73. The smallest absolute Gasteiger partial charge is 0.135 e. The van der Waals surface area contributed by atoms with E-state index >= 15 is 0 Å². The van der Waals surface area contributed by atoms with Gasteiger partial charge in [-0.05, 0) is 6.92 Å². The second-order valence-corrected chi connectivity index (χ2v) is 0.965. The van der Waals surface area contributed by atoms with Crippen molar-refractivity contribution in [3.05, 3.63) is 0 Å². The predicted octanol–water partition coefficient (Wildman–Crippen LogP) is 0.253. The Hall–Kier alpha value is -1.32. The van der Waals surface area contributed by atoms with Crippen molar-refractivity contribution in [1.29, 1.82) is 5.26 Å². The fourth-order valence-electron chi connectivity index (χ4n) is 0. The van der Waals surface area contributed by atoms with E-state index in [4.69, 9.17) is 21.4 Å². The molecule has 0 unspecified atom stereocenters. The summed E-state index contributed by atoms with van der Waals surface area (Å²) in [7, 11) is 0. The average molecular weight is 164 g/mol. The Morgan fingerprint density at radius 3 is 1.64 bits per heavy atom. The van der Waals surface area contributed by atoms with Gasteiger partial charge in [-0.15, -0.1) is 0 Å². The maximum Gasteiger partial charge on any atom is 0.135 e. The molecule has 6 N–H and O–H groups in total. The van der Waals surface area contributed by atoms with Crippen molar-refractivity contribution in [2.24, 2.45) is 16.8 Å². The monoisotopic (exact) mass is 164 g/mol. The third-order valence-corrected chi connectivity index (χ3v) is 0.158. The van der Waals surface area contributed by atoms with Crippen LogP contribution in [0.1, 0.15) is 21.3 Å². The molecule has 0 saturated carbocycles. The Kier molecular flexibility index (Phi) is 77.7. The Morgan fingerprint density at radius 1 is 1.55 bits per heavy atom. The van der Waals surface area contributed by atoms with Crippen molar-refractivity contribution in [3.8, 4) is 6.07 Å². The predicted molar refractivity (Wildman–Crippen MR) is 43.1 cm³/mol. The fourth-order valence-corrected chi connectivity index (χ4v) is 0. The van der Waals surface area contributed by atoms with Gasteiger partial charge in [-0.25, -0.2) is 5.90 Å². The molecule has 0 radical (unpaired) electrons. The zero-order valence-electron chi connectivity index (χ0n) is 5.94. The summed E-state index contributed by atoms with van der Waals surface area (Å²) in [5, 5.41) is 24.0. The first-order valence-electron chi connectivity index (χ1n) is 2.19. The molecular weight excluding hydrogens is 148 g/mol. The molecule has 11 heavy (non-hydrogen) atoms. The van der Waals surface area contributed by atoms with E-state index in [0.29, 0.717) is 0 Å². The zero-order chi connectivity index (χ0) is 8.99. The van der Waals surface area contributed by atoms with Crippen LogP contribution in [0.4, 0.5) is 0 Å². The highest BCUT2D eigenvalue weighted by atomic mass is 16.4. The van der Waals surface area contributed by atoms with E-state index in [2.05, 4.69) is 11.1 Å². The van der Waals surface area contributed by atoms with Gasteiger partial charge in [-0.2, -0.15) is 5.26 Å². The molecule has 0 aliphatic carbocycles.